The highest BCUT2D eigenvalue weighted by atomic mass is 19.1. The van der Waals surface area contributed by atoms with Gasteiger partial charge in [-0.1, -0.05) is 25.1 Å². The van der Waals surface area contributed by atoms with Crippen molar-refractivity contribution in [2.75, 3.05) is 19.8 Å². The Balaban J connectivity index is 2.08. The van der Waals surface area contributed by atoms with Crippen LogP contribution in [-0.4, -0.2) is 46.6 Å². The first-order valence-corrected chi connectivity index (χ1v) is 9.86. The van der Waals surface area contributed by atoms with Crippen molar-refractivity contribution < 1.29 is 28.9 Å². The third kappa shape index (κ3) is 4.21. The third-order valence-electron chi connectivity index (χ3n) is 4.90. The molecule has 158 valence electrons. The molecule has 1 fully saturated rings. The van der Waals surface area contributed by atoms with Gasteiger partial charge in [-0.05, 0) is 43.2 Å². The lowest BCUT2D eigenvalue weighted by atomic mass is 9.95. The summed E-state index contributed by atoms with van der Waals surface area (Å²) in [6.45, 7) is 2.40. The van der Waals surface area contributed by atoms with Crippen molar-refractivity contribution in [3.05, 3.63) is 71.0 Å². The van der Waals surface area contributed by atoms with E-state index in [0.717, 1.165) is 6.42 Å². The molecule has 0 bridgehead atoms. The summed E-state index contributed by atoms with van der Waals surface area (Å²) in [6, 6.07) is 11.2. The predicted molar refractivity (Wildman–Crippen MR) is 109 cm³/mol. The normalized spacial score (nSPS) is 18.1. The van der Waals surface area contributed by atoms with Gasteiger partial charge in [0.15, 0.2) is 0 Å². The van der Waals surface area contributed by atoms with E-state index in [1.54, 1.807) is 30.3 Å². The highest BCUT2D eigenvalue weighted by molar-refractivity contribution is 6.46. The number of aliphatic hydroxyl groups excluding tert-OH is 2. The van der Waals surface area contributed by atoms with E-state index in [1.165, 1.54) is 23.1 Å². The second-order valence-electron chi connectivity index (χ2n) is 6.96. The van der Waals surface area contributed by atoms with Gasteiger partial charge in [0.2, 0.25) is 0 Å². The van der Waals surface area contributed by atoms with Crippen LogP contribution in [0.15, 0.2) is 54.1 Å². The number of Topliss-reactive ketones (excluding diaryl/α,β-unsaturated/α-hetero) is 1. The molecule has 30 heavy (non-hydrogen) atoms. The molecular weight excluding hydrogens is 389 g/mol. The van der Waals surface area contributed by atoms with Crippen molar-refractivity contribution >= 4 is 17.4 Å². The first-order valence-electron chi connectivity index (χ1n) is 9.86. The van der Waals surface area contributed by atoms with Crippen molar-refractivity contribution in [1.82, 2.24) is 4.90 Å². The number of ketones is 1. The summed E-state index contributed by atoms with van der Waals surface area (Å²) in [7, 11) is 0. The molecule has 1 unspecified atom stereocenters. The van der Waals surface area contributed by atoms with Crippen LogP contribution in [0.4, 0.5) is 4.39 Å². The smallest absolute Gasteiger partial charge is 0.295 e. The number of amides is 1. The highest BCUT2D eigenvalue weighted by Crippen LogP contribution is 2.40. The van der Waals surface area contributed by atoms with E-state index in [-0.39, 0.29) is 36.5 Å². The van der Waals surface area contributed by atoms with Crippen molar-refractivity contribution in [2.24, 2.45) is 0 Å². The molecule has 1 heterocycles. The number of hydrogen-bond acceptors (Lipinski definition) is 5. The summed E-state index contributed by atoms with van der Waals surface area (Å²) in [5.41, 5.74) is 0.254. The maximum atomic E-state index is 14.6. The summed E-state index contributed by atoms with van der Waals surface area (Å²) in [6.07, 6.45) is 1.07. The lowest BCUT2D eigenvalue weighted by molar-refractivity contribution is -0.140. The lowest BCUT2D eigenvalue weighted by Crippen LogP contribution is -2.31. The number of hydrogen-bond donors (Lipinski definition) is 2. The molecule has 1 saturated heterocycles. The molecule has 2 N–H and O–H groups in total. The molecule has 2 aromatic rings. The molecule has 1 amide bonds. The van der Waals surface area contributed by atoms with Crippen LogP contribution in [0, 0.1) is 5.82 Å². The van der Waals surface area contributed by atoms with Crippen LogP contribution in [0.3, 0.4) is 0 Å². The Morgan fingerprint density at radius 2 is 1.83 bits per heavy atom. The molecule has 2 aromatic carbocycles. The molecule has 0 spiro atoms. The van der Waals surface area contributed by atoms with E-state index >= 15 is 0 Å². The molecule has 0 aliphatic carbocycles. The minimum absolute atomic E-state index is 0.0562. The third-order valence-corrected chi connectivity index (χ3v) is 4.90. The molecule has 0 radical (unpaired) electrons. The van der Waals surface area contributed by atoms with Gasteiger partial charge in [-0.25, -0.2) is 4.39 Å². The molecule has 6 nitrogen and oxygen atoms in total. The number of nitrogens with zero attached hydrogens (tertiary/aromatic N) is 1. The molecule has 1 atom stereocenters. The van der Waals surface area contributed by atoms with E-state index < -0.39 is 23.5 Å². The van der Waals surface area contributed by atoms with Gasteiger partial charge in [0, 0.05) is 24.3 Å². The Morgan fingerprint density at radius 3 is 2.47 bits per heavy atom. The van der Waals surface area contributed by atoms with Crippen molar-refractivity contribution in [3.63, 3.8) is 0 Å². The van der Waals surface area contributed by atoms with Crippen molar-refractivity contribution in [2.45, 2.75) is 25.8 Å². The van der Waals surface area contributed by atoms with Gasteiger partial charge in [-0.2, -0.15) is 0 Å². The largest absolute Gasteiger partial charge is 0.507 e. The second-order valence-corrected chi connectivity index (χ2v) is 6.96. The first-order chi connectivity index (χ1) is 14.5. The summed E-state index contributed by atoms with van der Waals surface area (Å²) in [5.74, 6) is -2.07. The Bertz CT molecular complexity index is 954. The molecule has 1 aliphatic heterocycles. The topological polar surface area (TPSA) is 87.1 Å². The Kier molecular flexibility index (Phi) is 6.84. The lowest BCUT2D eigenvalue weighted by Gasteiger charge is -2.25. The van der Waals surface area contributed by atoms with Gasteiger partial charge in [0.25, 0.3) is 11.7 Å². The number of ether oxygens (including phenoxy) is 1. The molecule has 3 rings (SSSR count). The fourth-order valence-electron chi connectivity index (χ4n) is 3.46. The molecule has 1 aliphatic rings. The summed E-state index contributed by atoms with van der Waals surface area (Å²) >= 11 is 0. The van der Waals surface area contributed by atoms with Gasteiger partial charge in [0.05, 0.1) is 18.2 Å². The van der Waals surface area contributed by atoms with Crippen LogP contribution in [0.5, 0.6) is 5.75 Å². The Hall–Kier alpha value is -3.19. The Morgan fingerprint density at radius 1 is 1.13 bits per heavy atom. The van der Waals surface area contributed by atoms with Crippen LogP contribution in [0.2, 0.25) is 0 Å². The van der Waals surface area contributed by atoms with E-state index in [0.29, 0.717) is 17.9 Å². The minimum atomic E-state index is -1.08. The van der Waals surface area contributed by atoms with Crippen LogP contribution in [0.1, 0.15) is 36.9 Å². The monoisotopic (exact) mass is 413 g/mol. The minimum Gasteiger partial charge on any atom is -0.507 e. The standard InChI is InChI=1S/C23H24FNO5/c1-2-14-30-16-10-8-15(9-11-16)21(27)19-20(17-6-3-4-7-18(17)24)25(12-5-13-26)23(29)22(19)28/h3-4,6-11,20,26-27H,2,5,12-14H2,1H3/b21-19-. The molecule has 7 heteroatoms. The predicted octanol–water partition coefficient (Wildman–Crippen LogP) is 3.42. The van der Waals surface area contributed by atoms with E-state index in [9.17, 15) is 19.1 Å². The zero-order valence-electron chi connectivity index (χ0n) is 16.7. The number of likely N-dealkylation sites (tertiary alicyclic amines) is 1. The fourth-order valence-corrected chi connectivity index (χ4v) is 3.46. The van der Waals surface area contributed by atoms with E-state index in [2.05, 4.69) is 0 Å². The average molecular weight is 413 g/mol. The van der Waals surface area contributed by atoms with Crippen molar-refractivity contribution in [1.29, 1.82) is 0 Å². The molecular formula is C23H24FNO5. The van der Waals surface area contributed by atoms with Gasteiger partial charge in [-0.3, -0.25) is 9.59 Å². The molecule has 0 aromatic heterocycles. The fraction of sp³-hybridized carbons (Fsp3) is 0.304. The number of rotatable bonds is 8. The highest BCUT2D eigenvalue weighted by Gasteiger charge is 2.46. The van der Waals surface area contributed by atoms with Crippen molar-refractivity contribution in [3.8, 4) is 5.75 Å². The zero-order chi connectivity index (χ0) is 21.7. The quantitative estimate of drug-likeness (QED) is 0.393. The first kappa shape index (κ1) is 21.5. The van der Waals surface area contributed by atoms with Crippen LogP contribution < -0.4 is 4.74 Å². The van der Waals surface area contributed by atoms with Crippen LogP contribution in [-0.2, 0) is 9.59 Å². The maximum absolute atomic E-state index is 14.6. The number of carbonyl (C=O) groups is 2. The SMILES string of the molecule is CCCOc1ccc(/C(O)=C2/C(=O)C(=O)N(CCCO)C2c2ccccc2F)cc1. The Labute approximate surface area is 174 Å². The molecule has 0 saturated carbocycles. The summed E-state index contributed by atoms with van der Waals surface area (Å²) in [5, 5.41) is 20.1. The van der Waals surface area contributed by atoms with Crippen LogP contribution >= 0.6 is 0 Å². The van der Waals surface area contributed by atoms with Crippen LogP contribution in [0.25, 0.3) is 5.76 Å². The number of carbonyl (C=O) groups excluding carboxylic acids is 2. The maximum Gasteiger partial charge on any atom is 0.295 e. The van der Waals surface area contributed by atoms with E-state index in [1.807, 2.05) is 6.92 Å². The van der Waals surface area contributed by atoms with Gasteiger partial charge in [0.1, 0.15) is 17.3 Å². The number of halogens is 1. The summed E-state index contributed by atoms with van der Waals surface area (Å²) in [4.78, 5) is 26.6. The second kappa shape index (κ2) is 9.54. The van der Waals surface area contributed by atoms with Gasteiger partial charge >= 0.3 is 0 Å². The number of aliphatic hydroxyl groups is 2. The van der Waals surface area contributed by atoms with Gasteiger partial charge in [-0.15, -0.1) is 0 Å². The average Bonchev–Trinajstić information content (AvgIpc) is 3.01. The van der Waals surface area contributed by atoms with E-state index in [4.69, 9.17) is 9.84 Å². The summed E-state index contributed by atoms with van der Waals surface area (Å²) < 4.78 is 20.1. The van der Waals surface area contributed by atoms with Gasteiger partial charge < -0.3 is 19.8 Å². The zero-order valence-corrected chi connectivity index (χ0v) is 16.7. The number of benzene rings is 2.